The summed E-state index contributed by atoms with van der Waals surface area (Å²) in [5.74, 6) is 5.12. The Morgan fingerprint density at radius 2 is 2.17 bits per heavy atom. The Hall–Kier alpha value is -2.08. The second kappa shape index (κ2) is 5.50. The van der Waals surface area contributed by atoms with Crippen molar-refractivity contribution in [1.82, 2.24) is 10.3 Å². The molecule has 0 radical (unpaired) electrons. The topological polar surface area (TPSA) is 84.7 Å². The number of nitrogens with zero attached hydrogens (tertiary/aromatic N) is 1. The van der Waals surface area contributed by atoms with Gasteiger partial charge in [0.05, 0.1) is 0 Å². The number of benzene rings is 1. The van der Waals surface area contributed by atoms with Gasteiger partial charge in [0.1, 0.15) is 12.6 Å². The number of hydrogen-bond donors (Lipinski definition) is 2. The predicted octanol–water partition coefficient (Wildman–Crippen LogP) is 0.387. The zero-order valence-corrected chi connectivity index (χ0v) is 9.83. The molecule has 1 aromatic carbocycles. The van der Waals surface area contributed by atoms with Crippen molar-refractivity contribution >= 4 is 12.0 Å². The Bertz CT molecular complexity index is 435. The van der Waals surface area contributed by atoms with Gasteiger partial charge in [0, 0.05) is 6.54 Å². The summed E-state index contributed by atoms with van der Waals surface area (Å²) in [6.45, 7) is 0.627. The van der Waals surface area contributed by atoms with Gasteiger partial charge in [0.25, 0.3) is 5.91 Å². The van der Waals surface area contributed by atoms with Crippen molar-refractivity contribution in [2.75, 3.05) is 6.54 Å². The number of rotatable bonds is 3. The third kappa shape index (κ3) is 2.98. The SMILES string of the molecule is NN1CC[C@@H](NC(=O)OCc2ccccc2)C1=O. The van der Waals surface area contributed by atoms with Crippen LogP contribution in [0.25, 0.3) is 0 Å². The van der Waals surface area contributed by atoms with Gasteiger partial charge >= 0.3 is 6.09 Å². The fourth-order valence-electron chi connectivity index (χ4n) is 1.74. The van der Waals surface area contributed by atoms with Crippen LogP contribution in [-0.4, -0.2) is 29.6 Å². The van der Waals surface area contributed by atoms with Gasteiger partial charge < -0.3 is 10.1 Å². The molecular formula is C12H15N3O3. The lowest BCUT2D eigenvalue weighted by molar-refractivity contribution is -0.129. The molecule has 0 saturated carbocycles. The molecule has 6 heteroatoms. The minimum absolute atomic E-state index is 0.180. The van der Waals surface area contributed by atoms with Crippen LogP contribution in [0.3, 0.4) is 0 Å². The molecule has 1 fully saturated rings. The Morgan fingerprint density at radius 3 is 2.78 bits per heavy atom. The second-order valence-electron chi connectivity index (χ2n) is 4.08. The summed E-state index contributed by atoms with van der Waals surface area (Å²) in [6.07, 6.45) is -0.0945. The van der Waals surface area contributed by atoms with E-state index in [0.29, 0.717) is 13.0 Å². The zero-order chi connectivity index (χ0) is 13.0. The van der Waals surface area contributed by atoms with Gasteiger partial charge in [-0.2, -0.15) is 0 Å². The van der Waals surface area contributed by atoms with Gasteiger partial charge in [-0.1, -0.05) is 30.3 Å². The largest absolute Gasteiger partial charge is 0.445 e. The van der Waals surface area contributed by atoms with Crippen LogP contribution in [0.15, 0.2) is 30.3 Å². The van der Waals surface area contributed by atoms with Gasteiger partial charge in [-0.05, 0) is 12.0 Å². The zero-order valence-electron chi connectivity index (χ0n) is 9.83. The highest BCUT2D eigenvalue weighted by molar-refractivity contribution is 5.86. The molecule has 2 amide bonds. The van der Waals surface area contributed by atoms with Gasteiger partial charge in [-0.3, -0.25) is 9.80 Å². The Labute approximate surface area is 105 Å². The first-order valence-electron chi connectivity index (χ1n) is 5.70. The highest BCUT2D eigenvalue weighted by Gasteiger charge is 2.31. The molecule has 96 valence electrons. The standard InChI is InChI=1S/C12H15N3O3/c13-15-7-6-10(11(15)16)14-12(17)18-8-9-4-2-1-3-5-9/h1-5,10H,6-8,13H2,(H,14,17)/t10-/m1/s1. The highest BCUT2D eigenvalue weighted by Crippen LogP contribution is 2.07. The Kier molecular flexibility index (Phi) is 3.78. The lowest BCUT2D eigenvalue weighted by Gasteiger charge is -2.12. The highest BCUT2D eigenvalue weighted by atomic mass is 16.5. The minimum atomic E-state index is -0.604. The number of amides is 2. The molecule has 0 unspecified atom stereocenters. The quantitative estimate of drug-likeness (QED) is 0.599. The molecule has 2 rings (SSSR count). The number of nitrogens with one attached hydrogen (secondary N) is 1. The summed E-state index contributed by atoms with van der Waals surface area (Å²) in [5.41, 5.74) is 0.894. The summed E-state index contributed by atoms with van der Waals surface area (Å²) >= 11 is 0. The molecule has 1 aliphatic rings. The van der Waals surface area contributed by atoms with Crippen LogP contribution in [0.1, 0.15) is 12.0 Å². The Morgan fingerprint density at radius 1 is 1.44 bits per heavy atom. The molecule has 3 N–H and O–H groups in total. The third-order valence-electron chi connectivity index (χ3n) is 2.74. The van der Waals surface area contributed by atoms with Crippen LogP contribution in [0.2, 0.25) is 0 Å². The van der Waals surface area contributed by atoms with E-state index in [1.54, 1.807) is 0 Å². The van der Waals surface area contributed by atoms with E-state index in [9.17, 15) is 9.59 Å². The normalized spacial score (nSPS) is 18.8. The van der Waals surface area contributed by atoms with E-state index in [2.05, 4.69) is 5.32 Å². The fourth-order valence-corrected chi connectivity index (χ4v) is 1.74. The maximum absolute atomic E-state index is 11.5. The first kappa shape index (κ1) is 12.4. The number of hydrogen-bond acceptors (Lipinski definition) is 4. The molecule has 0 spiro atoms. The smallest absolute Gasteiger partial charge is 0.408 e. The van der Waals surface area contributed by atoms with Crippen molar-refractivity contribution in [3.8, 4) is 0 Å². The molecule has 1 heterocycles. The number of nitrogens with two attached hydrogens (primary N) is 1. The van der Waals surface area contributed by atoms with Crippen LogP contribution in [0, 0.1) is 0 Å². The summed E-state index contributed by atoms with van der Waals surface area (Å²) in [4.78, 5) is 22.9. The average molecular weight is 249 g/mol. The molecule has 6 nitrogen and oxygen atoms in total. The number of ether oxygens (including phenoxy) is 1. The van der Waals surface area contributed by atoms with E-state index in [4.69, 9.17) is 10.6 Å². The number of carbonyl (C=O) groups excluding carboxylic acids is 2. The predicted molar refractivity (Wildman–Crippen MR) is 64.1 cm³/mol. The molecule has 1 aliphatic heterocycles. The van der Waals surface area contributed by atoms with Crippen molar-refractivity contribution in [3.63, 3.8) is 0 Å². The minimum Gasteiger partial charge on any atom is -0.445 e. The van der Waals surface area contributed by atoms with Crippen molar-refractivity contribution in [2.24, 2.45) is 5.84 Å². The second-order valence-corrected chi connectivity index (χ2v) is 4.08. The molecule has 18 heavy (non-hydrogen) atoms. The van der Waals surface area contributed by atoms with Crippen LogP contribution in [0.4, 0.5) is 4.79 Å². The fraction of sp³-hybridized carbons (Fsp3) is 0.333. The molecular weight excluding hydrogens is 234 g/mol. The van der Waals surface area contributed by atoms with E-state index in [1.165, 1.54) is 0 Å². The lowest BCUT2D eigenvalue weighted by atomic mass is 10.2. The first-order chi connectivity index (χ1) is 8.66. The summed E-state index contributed by atoms with van der Waals surface area (Å²) in [7, 11) is 0. The van der Waals surface area contributed by atoms with Crippen LogP contribution in [0.5, 0.6) is 0 Å². The van der Waals surface area contributed by atoms with Crippen molar-refractivity contribution < 1.29 is 14.3 Å². The van der Waals surface area contributed by atoms with Gasteiger partial charge in [0.15, 0.2) is 0 Å². The van der Waals surface area contributed by atoms with Gasteiger partial charge in [0.2, 0.25) is 0 Å². The summed E-state index contributed by atoms with van der Waals surface area (Å²) in [6, 6.07) is 8.76. The van der Waals surface area contributed by atoms with Crippen molar-refractivity contribution in [3.05, 3.63) is 35.9 Å². The van der Waals surface area contributed by atoms with Crippen LogP contribution in [-0.2, 0) is 16.1 Å². The lowest BCUT2D eigenvalue weighted by Crippen LogP contribution is -2.43. The monoisotopic (exact) mass is 249 g/mol. The molecule has 0 aliphatic carbocycles. The summed E-state index contributed by atoms with van der Waals surface area (Å²) < 4.78 is 5.01. The van der Waals surface area contributed by atoms with E-state index in [-0.39, 0.29) is 12.5 Å². The molecule has 1 aromatic rings. The first-order valence-corrected chi connectivity index (χ1v) is 5.70. The maximum atomic E-state index is 11.5. The van der Waals surface area contributed by atoms with Crippen molar-refractivity contribution in [1.29, 1.82) is 0 Å². The van der Waals surface area contributed by atoms with Gasteiger partial charge in [-0.15, -0.1) is 0 Å². The van der Waals surface area contributed by atoms with E-state index in [1.807, 2.05) is 30.3 Å². The summed E-state index contributed by atoms with van der Waals surface area (Å²) in [5, 5.41) is 3.60. The van der Waals surface area contributed by atoms with Gasteiger partial charge in [-0.25, -0.2) is 10.6 Å². The molecule has 0 aromatic heterocycles. The molecule has 1 atom stereocenters. The number of hydrazine groups is 1. The third-order valence-corrected chi connectivity index (χ3v) is 2.74. The number of carbonyl (C=O) groups is 2. The maximum Gasteiger partial charge on any atom is 0.408 e. The molecule has 0 bridgehead atoms. The molecule has 1 saturated heterocycles. The average Bonchev–Trinajstić information content (AvgIpc) is 2.70. The van der Waals surface area contributed by atoms with Crippen LogP contribution < -0.4 is 11.2 Å². The van der Waals surface area contributed by atoms with E-state index in [0.717, 1.165) is 10.6 Å². The van der Waals surface area contributed by atoms with Crippen LogP contribution >= 0.6 is 0 Å². The number of alkyl carbamates (subject to hydrolysis) is 1. The van der Waals surface area contributed by atoms with E-state index < -0.39 is 12.1 Å². The van der Waals surface area contributed by atoms with E-state index >= 15 is 0 Å². The Balaban J connectivity index is 1.78. The van der Waals surface area contributed by atoms with Crippen molar-refractivity contribution in [2.45, 2.75) is 19.1 Å².